The molecule has 0 saturated heterocycles. The number of nitrogens with one attached hydrogen (secondary N) is 1. The lowest BCUT2D eigenvalue weighted by molar-refractivity contribution is -0.115. The van der Waals surface area contributed by atoms with Crippen LogP contribution in [0.3, 0.4) is 0 Å². The van der Waals surface area contributed by atoms with E-state index in [9.17, 15) is 9.18 Å². The van der Waals surface area contributed by atoms with Gasteiger partial charge in [0.1, 0.15) is 11.6 Å². The molecule has 0 fully saturated rings. The molecule has 4 nitrogen and oxygen atoms in total. The zero-order valence-corrected chi connectivity index (χ0v) is 14.1. The molecule has 128 valence electrons. The van der Waals surface area contributed by atoms with Crippen LogP contribution in [0, 0.1) is 5.82 Å². The van der Waals surface area contributed by atoms with Crippen LogP contribution in [0.4, 0.5) is 10.2 Å². The maximum absolute atomic E-state index is 13.0. The van der Waals surface area contributed by atoms with Crippen LogP contribution in [0.2, 0.25) is 0 Å². The summed E-state index contributed by atoms with van der Waals surface area (Å²) in [6.07, 6.45) is 0.915. The topological polar surface area (TPSA) is 46.9 Å². The monoisotopic (exact) mass is 337 g/mol. The van der Waals surface area contributed by atoms with Crippen molar-refractivity contribution in [3.8, 4) is 0 Å². The van der Waals surface area contributed by atoms with Crippen molar-refractivity contribution in [3.63, 3.8) is 0 Å². The summed E-state index contributed by atoms with van der Waals surface area (Å²) in [4.78, 5) is 12.3. The van der Waals surface area contributed by atoms with Crippen LogP contribution in [0.25, 0.3) is 0 Å². The van der Waals surface area contributed by atoms with Gasteiger partial charge in [-0.25, -0.2) is 9.07 Å². The molecule has 2 aromatic carbocycles. The molecule has 0 atom stereocenters. The number of amides is 1. The highest BCUT2D eigenvalue weighted by Gasteiger charge is 2.11. The number of carbonyl (C=O) groups excluding carboxylic acids is 1. The van der Waals surface area contributed by atoms with Crippen LogP contribution in [-0.4, -0.2) is 15.7 Å². The number of benzene rings is 2. The smallest absolute Gasteiger partial charge is 0.229 e. The first-order valence-corrected chi connectivity index (χ1v) is 8.29. The second kappa shape index (κ2) is 7.75. The summed E-state index contributed by atoms with van der Waals surface area (Å²) in [6.45, 7) is 2.63. The maximum Gasteiger partial charge on any atom is 0.229 e. The van der Waals surface area contributed by atoms with E-state index in [4.69, 9.17) is 0 Å². The van der Waals surface area contributed by atoms with E-state index in [2.05, 4.69) is 10.4 Å². The third kappa shape index (κ3) is 4.53. The first kappa shape index (κ1) is 16.9. The van der Waals surface area contributed by atoms with E-state index in [0.717, 1.165) is 16.8 Å². The van der Waals surface area contributed by atoms with Crippen molar-refractivity contribution in [3.05, 3.63) is 83.3 Å². The van der Waals surface area contributed by atoms with Crippen molar-refractivity contribution >= 4 is 11.7 Å². The Hall–Kier alpha value is -2.95. The fourth-order valence-corrected chi connectivity index (χ4v) is 2.68. The Balaban J connectivity index is 1.69. The van der Waals surface area contributed by atoms with Crippen LogP contribution in [0.15, 0.2) is 60.7 Å². The summed E-state index contributed by atoms with van der Waals surface area (Å²) in [7, 11) is 0. The molecule has 0 radical (unpaired) electrons. The number of aromatic nitrogens is 2. The van der Waals surface area contributed by atoms with Gasteiger partial charge < -0.3 is 5.32 Å². The van der Waals surface area contributed by atoms with Gasteiger partial charge in [-0.3, -0.25) is 4.79 Å². The second-order valence-corrected chi connectivity index (χ2v) is 5.85. The SMILES string of the molecule is CCn1nc(Cc2ccc(F)cc2)cc1NC(=O)Cc1ccccc1. The van der Waals surface area contributed by atoms with Gasteiger partial charge in [0.05, 0.1) is 12.1 Å². The average molecular weight is 337 g/mol. The van der Waals surface area contributed by atoms with E-state index >= 15 is 0 Å². The molecule has 0 aliphatic heterocycles. The highest BCUT2D eigenvalue weighted by atomic mass is 19.1. The summed E-state index contributed by atoms with van der Waals surface area (Å²) in [6, 6.07) is 17.9. The molecule has 0 bridgehead atoms. The molecule has 3 rings (SSSR count). The zero-order valence-electron chi connectivity index (χ0n) is 14.1. The Kier molecular flexibility index (Phi) is 5.23. The Morgan fingerprint density at radius 2 is 1.80 bits per heavy atom. The van der Waals surface area contributed by atoms with Crippen molar-refractivity contribution in [2.45, 2.75) is 26.3 Å². The predicted octanol–water partition coefficient (Wildman–Crippen LogP) is 3.81. The lowest BCUT2D eigenvalue weighted by Gasteiger charge is -2.06. The van der Waals surface area contributed by atoms with Crippen molar-refractivity contribution in [2.75, 3.05) is 5.32 Å². The molecule has 25 heavy (non-hydrogen) atoms. The molecule has 1 aromatic heterocycles. The van der Waals surface area contributed by atoms with Gasteiger partial charge in [0, 0.05) is 19.0 Å². The van der Waals surface area contributed by atoms with E-state index in [1.54, 1.807) is 16.8 Å². The van der Waals surface area contributed by atoms with E-state index in [1.165, 1.54) is 12.1 Å². The number of carbonyl (C=O) groups is 1. The Morgan fingerprint density at radius 3 is 2.48 bits per heavy atom. The number of hydrogen-bond donors (Lipinski definition) is 1. The predicted molar refractivity (Wildman–Crippen MR) is 95.9 cm³/mol. The lowest BCUT2D eigenvalue weighted by Crippen LogP contribution is -2.17. The molecular formula is C20H20FN3O. The van der Waals surface area contributed by atoms with Gasteiger partial charge in [-0.15, -0.1) is 0 Å². The number of rotatable bonds is 6. The number of halogens is 1. The van der Waals surface area contributed by atoms with E-state index in [0.29, 0.717) is 25.2 Å². The minimum atomic E-state index is -0.253. The first-order valence-electron chi connectivity index (χ1n) is 8.29. The van der Waals surface area contributed by atoms with Crippen LogP contribution < -0.4 is 5.32 Å². The van der Waals surface area contributed by atoms with E-state index in [-0.39, 0.29) is 11.7 Å². The Morgan fingerprint density at radius 1 is 1.08 bits per heavy atom. The number of aryl methyl sites for hydroxylation is 1. The largest absolute Gasteiger partial charge is 0.311 e. The third-order valence-electron chi connectivity index (χ3n) is 3.90. The molecule has 0 spiro atoms. The normalized spacial score (nSPS) is 10.6. The third-order valence-corrected chi connectivity index (χ3v) is 3.90. The van der Waals surface area contributed by atoms with Gasteiger partial charge in [-0.05, 0) is 30.2 Å². The summed E-state index contributed by atoms with van der Waals surface area (Å²) in [5, 5.41) is 7.44. The minimum Gasteiger partial charge on any atom is -0.311 e. The Bertz CT molecular complexity index is 841. The van der Waals surface area contributed by atoms with Gasteiger partial charge in [0.25, 0.3) is 0 Å². The molecule has 3 aromatic rings. The Labute approximate surface area is 146 Å². The highest BCUT2D eigenvalue weighted by molar-refractivity contribution is 5.91. The van der Waals surface area contributed by atoms with Gasteiger partial charge in [-0.2, -0.15) is 5.10 Å². The fraction of sp³-hybridized carbons (Fsp3) is 0.200. The summed E-state index contributed by atoms with van der Waals surface area (Å²) < 4.78 is 14.8. The van der Waals surface area contributed by atoms with Crippen LogP contribution in [-0.2, 0) is 24.2 Å². The van der Waals surface area contributed by atoms with E-state index in [1.807, 2.05) is 43.3 Å². The fourth-order valence-electron chi connectivity index (χ4n) is 2.68. The molecular weight excluding hydrogens is 317 g/mol. The molecule has 1 amide bonds. The average Bonchev–Trinajstić information content (AvgIpc) is 2.99. The molecule has 1 N–H and O–H groups in total. The van der Waals surface area contributed by atoms with Gasteiger partial charge in [-0.1, -0.05) is 42.5 Å². The number of hydrogen-bond acceptors (Lipinski definition) is 2. The van der Waals surface area contributed by atoms with Crippen molar-refractivity contribution in [1.82, 2.24) is 9.78 Å². The zero-order chi connectivity index (χ0) is 17.6. The van der Waals surface area contributed by atoms with Crippen molar-refractivity contribution in [1.29, 1.82) is 0 Å². The van der Waals surface area contributed by atoms with Crippen LogP contribution in [0.1, 0.15) is 23.7 Å². The van der Waals surface area contributed by atoms with Crippen molar-refractivity contribution < 1.29 is 9.18 Å². The molecule has 0 saturated carbocycles. The standard InChI is InChI=1S/C20H20FN3O/c1-2-24-19(22-20(25)13-15-6-4-3-5-7-15)14-18(23-24)12-16-8-10-17(21)11-9-16/h3-11,14H,2,12-13H2,1H3,(H,22,25). The quantitative estimate of drug-likeness (QED) is 0.743. The van der Waals surface area contributed by atoms with Crippen molar-refractivity contribution in [2.24, 2.45) is 0 Å². The molecule has 1 heterocycles. The summed E-state index contributed by atoms with van der Waals surface area (Å²) in [5.74, 6) is 0.353. The highest BCUT2D eigenvalue weighted by Crippen LogP contribution is 2.15. The second-order valence-electron chi connectivity index (χ2n) is 5.85. The maximum atomic E-state index is 13.0. The van der Waals surface area contributed by atoms with Gasteiger partial charge in [0.15, 0.2) is 0 Å². The summed E-state index contributed by atoms with van der Waals surface area (Å²) in [5.41, 5.74) is 2.78. The van der Waals surface area contributed by atoms with Crippen LogP contribution >= 0.6 is 0 Å². The minimum absolute atomic E-state index is 0.0749. The number of nitrogens with zero attached hydrogens (tertiary/aromatic N) is 2. The van der Waals surface area contributed by atoms with Gasteiger partial charge >= 0.3 is 0 Å². The first-order chi connectivity index (χ1) is 12.1. The number of anilines is 1. The summed E-state index contributed by atoms with van der Waals surface area (Å²) >= 11 is 0. The molecule has 0 unspecified atom stereocenters. The molecule has 0 aliphatic rings. The molecule has 5 heteroatoms. The lowest BCUT2D eigenvalue weighted by atomic mass is 10.1. The van der Waals surface area contributed by atoms with Crippen LogP contribution in [0.5, 0.6) is 0 Å². The van der Waals surface area contributed by atoms with Gasteiger partial charge in [0.2, 0.25) is 5.91 Å². The molecule has 0 aliphatic carbocycles. The van der Waals surface area contributed by atoms with E-state index < -0.39 is 0 Å².